The molecule has 0 spiro atoms. The zero-order valence-electron chi connectivity index (χ0n) is 15.8. The second kappa shape index (κ2) is 7.80. The van der Waals surface area contributed by atoms with E-state index in [1.54, 1.807) is 6.92 Å². The molecule has 0 bridgehead atoms. The Morgan fingerprint density at radius 1 is 1.15 bits per heavy atom. The van der Waals surface area contributed by atoms with Gasteiger partial charge in [-0.25, -0.2) is 4.79 Å². The summed E-state index contributed by atoms with van der Waals surface area (Å²) < 4.78 is 4.80. The molecular formula is C19H24N2O5S. The standard InChI is InChI=1S/C19H24N2O5S/c1-10-11(2)27-16(15(10)19(25)26-3)20-14(22)8-9-21-17(23)12-6-4-5-7-13(12)18(21)24/h12-13H,4-9H2,1-3H3,(H,20,22)/t12-,13-/m1/s1. The molecule has 3 rings (SSSR count). The van der Waals surface area contributed by atoms with Gasteiger partial charge in [-0.3, -0.25) is 19.3 Å². The van der Waals surface area contributed by atoms with Crippen molar-refractivity contribution in [3.8, 4) is 0 Å². The zero-order valence-corrected chi connectivity index (χ0v) is 16.6. The average Bonchev–Trinajstić information content (AvgIpc) is 3.07. The number of likely N-dealkylation sites (tertiary alicyclic amines) is 1. The highest BCUT2D eigenvalue weighted by molar-refractivity contribution is 7.16. The van der Waals surface area contributed by atoms with Crippen LogP contribution in [0.3, 0.4) is 0 Å². The first kappa shape index (κ1) is 19.5. The third kappa shape index (κ3) is 3.63. The number of fused-ring (bicyclic) bond motifs is 1. The van der Waals surface area contributed by atoms with Gasteiger partial charge in [-0.15, -0.1) is 11.3 Å². The van der Waals surface area contributed by atoms with E-state index in [0.717, 1.165) is 36.1 Å². The van der Waals surface area contributed by atoms with Gasteiger partial charge in [0, 0.05) is 17.8 Å². The summed E-state index contributed by atoms with van der Waals surface area (Å²) in [5, 5.41) is 3.17. The van der Waals surface area contributed by atoms with Gasteiger partial charge in [0.25, 0.3) is 0 Å². The van der Waals surface area contributed by atoms with Crippen LogP contribution in [0.5, 0.6) is 0 Å². The van der Waals surface area contributed by atoms with E-state index in [4.69, 9.17) is 4.74 Å². The number of carbonyl (C=O) groups excluding carboxylic acids is 4. The van der Waals surface area contributed by atoms with Gasteiger partial charge >= 0.3 is 5.97 Å². The monoisotopic (exact) mass is 392 g/mol. The van der Waals surface area contributed by atoms with Gasteiger partial charge < -0.3 is 10.1 Å². The van der Waals surface area contributed by atoms with Gasteiger partial charge in [0.15, 0.2) is 0 Å². The number of anilines is 1. The lowest BCUT2D eigenvalue weighted by Crippen LogP contribution is -2.34. The summed E-state index contributed by atoms with van der Waals surface area (Å²) in [6, 6.07) is 0. The maximum atomic E-state index is 12.5. The number of nitrogens with zero attached hydrogens (tertiary/aromatic N) is 1. The minimum atomic E-state index is -0.499. The fourth-order valence-corrected chi connectivity index (χ4v) is 4.98. The quantitative estimate of drug-likeness (QED) is 0.614. The van der Waals surface area contributed by atoms with E-state index in [0.29, 0.717) is 10.6 Å². The maximum Gasteiger partial charge on any atom is 0.341 e. The van der Waals surface area contributed by atoms with Crippen LogP contribution in [-0.4, -0.2) is 42.2 Å². The molecule has 1 aliphatic heterocycles. The Labute approximate surface area is 162 Å². The Balaban J connectivity index is 1.64. The van der Waals surface area contributed by atoms with Gasteiger partial charge in [-0.2, -0.15) is 0 Å². The highest BCUT2D eigenvalue weighted by Crippen LogP contribution is 2.38. The molecule has 27 heavy (non-hydrogen) atoms. The van der Waals surface area contributed by atoms with E-state index < -0.39 is 5.97 Å². The molecule has 1 aromatic rings. The first-order chi connectivity index (χ1) is 12.8. The lowest BCUT2D eigenvalue weighted by molar-refractivity contribution is -0.140. The predicted octanol–water partition coefficient (Wildman–Crippen LogP) is 2.66. The molecule has 2 fully saturated rings. The predicted molar refractivity (Wildman–Crippen MR) is 101 cm³/mol. The molecule has 7 nitrogen and oxygen atoms in total. The van der Waals surface area contributed by atoms with Crippen molar-refractivity contribution in [3.05, 3.63) is 16.0 Å². The fraction of sp³-hybridized carbons (Fsp3) is 0.579. The van der Waals surface area contributed by atoms with E-state index in [2.05, 4.69) is 5.32 Å². The highest BCUT2D eigenvalue weighted by Gasteiger charge is 2.47. The molecule has 146 valence electrons. The number of ether oxygens (including phenoxy) is 1. The Morgan fingerprint density at radius 2 is 1.74 bits per heavy atom. The number of hydrogen-bond donors (Lipinski definition) is 1. The molecule has 1 N–H and O–H groups in total. The van der Waals surface area contributed by atoms with Crippen molar-refractivity contribution in [3.63, 3.8) is 0 Å². The Kier molecular flexibility index (Phi) is 5.64. The molecule has 0 aromatic carbocycles. The Morgan fingerprint density at radius 3 is 2.30 bits per heavy atom. The molecule has 0 unspecified atom stereocenters. The largest absolute Gasteiger partial charge is 0.465 e. The summed E-state index contributed by atoms with van der Waals surface area (Å²) in [5.41, 5.74) is 1.13. The van der Waals surface area contributed by atoms with Crippen molar-refractivity contribution in [1.29, 1.82) is 0 Å². The number of amides is 3. The van der Waals surface area contributed by atoms with Crippen LogP contribution >= 0.6 is 11.3 Å². The summed E-state index contributed by atoms with van der Waals surface area (Å²) in [6.07, 6.45) is 3.47. The number of hydrogen-bond acceptors (Lipinski definition) is 6. The van der Waals surface area contributed by atoms with Crippen LogP contribution in [0.15, 0.2) is 0 Å². The van der Waals surface area contributed by atoms with Crippen molar-refractivity contribution in [2.75, 3.05) is 19.0 Å². The van der Waals surface area contributed by atoms with E-state index in [-0.39, 0.29) is 42.5 Å². The van der Waals surface area contributed by atoms with Crippen LogP contribution in [0.4, 0.5) is 5.00 Å². The van der Waals surface area contributed by atoms with E-state index in [9.17, 15) is 19.2 Å². The lowest BCUT2D eigenvalue weighted by atomic mass is 9.81. The van der Waals surface area contributed by atoms with Crippen molar-refractivity contribution >= 4 is 40.0 Å². The second-order valence-electron chi connectivity index (χ2n) is 7.10. The van der Waals surface area contributed by atoms with Crippen molar-refractivity contribution in [2.24, 2.45) is 11.8 Å². The molecule has 2 heterocycles. The topological polar surface area (TPSA) is 92.8 Å². The number of aryl methyl sites for hydroxylation is 1. The van der Waals surface area contributed by atoms with Gasteiger partial charge in [-0.05, 0) is 32.3 Å². The molecule has 1 saturated heterocycles. The number of thiophene rings is 1. The SMILES string of the molecule is COC(=O)c1c(NC(=O)CCN2C(=O)[C@@H]3CCCC[C@H]3C2=O)sc(C)c1C. The number of esters is 1. The zero-order chi connectivity index (χ0) is 19.7. The van der Waals surface area contributed by atoms with Gasteiger partial charge in [0.05, 0.1) is 24.5 Å². The first-order valence-electron chi connectivity index (χ1n) is 9.18. The molecule has 3 amide bonds. The lowest BCUT2D eigenvalue weighted by Gasteiger charge is -2.19. The number of carbonyl (C=O) groups is 4. The van der Waals surface area contributed by atoms with Crippen LogP contribution in [0, 0.1) is 25.7 Å². The van der Waals surface area contributed by atoms with E-state index in [1.807, 2.05) is 6.92 Å². The number of nitrogens with one attached hydrogen (secondary N) is 1. The third-order valence-electron chi connectivity index (χ3n) is 5.52. The summed E-state index contributed by atoms with van der Waals surface area (Å²) in [7, 11) is 1.30. The molecule has 2 atom stereocenters. The Bertz CT molecular complexity index is 776. The van der Waals surface area contributed by atoms with Crippen LogP contribution in [0.2, 0.25) is 0 Å². The molecule has 0 radical (unpaired) electrons. The van der Waals surface area contributed by atoms with Crippen LogP contribution < -0.4 is 5.32 Å². The van der Waals surface area contributed by atoms with Crippen LogP contribution in [0.25, 0.3) is 0 Å². The molecular weight excluding hydrogens is 368 g/mol. The number of rotatable bonds is 5. The van der Waals surface area contributed by atoms with Crippen molar-refractivity contribution in [2.45, 2.75) is 46.0 Å². The normalized spacial score (nSPS) is 22.0. The molecule has 2 aliphatic rings. The first-order valence-corrected chi connectivity index (χ1v) is 10.00. The maximum absolute atomic E-state index is 12.5. The highest BCUT2D eigenvalue weighted by atomic mass is 32.1. The van der Waals surface area contributed by atoms with E-state index in [1.165, 1.54) is 23.3 Å². The van der Waals surface area contributed by atoms with Crippen molar-refractivity contribution in [1.82, 2.24) is 4.90 Å². The molecule has 1 aliphatic carbocycles. The number of methoxy groups -OCH3 is 1. The molecule has 1 saturated carbocycles. The van der Waals surface area contributed by atoms with Gasteiger partial charge in [0.2, 0.25) is 17.7 Å². The second-order valence-corrected chi connectivity index (χ2v) is 8.33. The number of imide groups is 1. The third-order valence-corrected chi connectivity index (χ3v) is 6.65. The Hall–Kier alpha value is -2.22. The minimum absolute atomic E-state index is 0.00747. The summed E-state index contributed by atoms with van der Waals surface area (Å²) in [4.78, 5) is 51.4. The summed E-state index contributed by atoms with van der Waals surface area (Å²) in [5.74, 6) is -1.53. The van der Waals surface area contributed by atoms with Crippen LogP contribution in [-0.2, 0) is 19.1 Å². The van der Waals surface area contributed by atoms with Gasteiger partial charge in [-0.1, -0.05) is 12.8 Å². The van der Waals surface area contributed by atoms with E-state index >= 15 is 0 Å². The van der Waals surface area contributed by atoms with Crippen molar-refractivity contribution < 1.29 is 23.9 Å². The van der Waals surface area contributed by atoms with Crippen LogP contribution in [0.1, 0.15) is 52.9 Å². The summed E-state index contributed by atoms with van der Waals surface area (Å²) >= 11 is 1.31. The fourth-order valence-electron chi connectivity index (χ4n) is 3.92. The summed E-state index contributed by atoms with van der Waals surface area (Å²) in [6.45, 7) is 3.75. The van der Waals surface area contributed by atoms with Gasteiger partial charge in [0.1, 0.15) is 5.00 Å². The minimum Gasteiger partial charge on any atom is -0.465 e. The molecule has 1 aromatic heterocycles. The smallest absolute Gasteiger partial charge is 0.341 e. The average molecular weight is 392 g/mol. The molecule has 8 heteroatoms.